The third-order valence-electron chi connectivity index (χ3n) is 9.49. The van der Waals surface area contributed by atoms with E-state index < -0.39 is 24.2 Å². The normalized spacial score (nSPS) is 16.4. The minimum atomic E-state index is -0.902. The number of anilines is 1. The van der Waals surface area contributed by atoms with Gasteiger partial charge in [0.1, 0.15) is 24.1 Å². The van der Waals surface area contributed by atoms with Crippen LogP contribution in [0.2, 0.25) is 10.0 Å². The minimum absolute atomic E-state index is 0.191. The highest BCUT2D eigenvalue weighted by atomic mass is 35.5. The average Bonchev–Trinajstić information content (AvgIpc) is 3.19. The fraction of sp³-hybridized carbons (Fsp3) is 0.190. The van der Waals surface area contributed by atoms with E-state index in [1.54, 1.807) is 54.6 Å². The van der Waals surface area contributed by atoms with E-state index in [4.69, 9.17) is 42.7 Å². The van der Waals surface area contributed by atoms with E-state index in [1.807, 2.05) is 48.5 Å². The van der Waals surface area contributed by atoms with Gasteiger partial charge in [-0.2, -0.15) is 5.26 Å². The number of methoxy groups -OCH3 is 1. The first kappa shape index (κ1) is 36.5. The molecule has 0 spiro atoms. The molecule has 54 heavy (non-hydrogen) atoms. The molecule has 2 aliphatic heterocycles. The number of hydrogen-bond acceptors (Lipinski definition) is 8. The molecule has 10 nitrogen and oxygen atoms in total. The molecule has 2 aliphatic rings. The molecular weight excluding hydrogens is 727 g/mol. The average molecular weight is 762 g/mol. The number of carbonyl (C=O) groups excluding carboxylic acids is 3. The minimum Gasteiger partial charge on any atom is -0.489 e. The van der Waals surface area contributed by atoms with E-state index in [2.05, 4.69) is 22.0 Å². The molecular formula is C42H34Cl2N4O6. The van der Waals surface area contributed by atoms with Gasteiger partial charge < -0.3 is 30.2 Å². The maximum absolute atomic E-state index is 13.5. The molecule has 3 N–H and O–H groups in total. The zero-order chi connectivity index (χ0) is 37.8. The summed E-state index contributed by atoms with van der Waals surface area (Å²) >= 11 is 12.5. The zero-order valence-electron chi connectivity index (χ0n) is 29.0. The van der Waals surface area contributed by atoms with Crippen molar-refractivity contribution in [2.75, 3.05) is 12.4 Å². The van der Waals surface area contributed by atoms with Crippen molar-refractivity contribution in [2.24, 2.45) is 0 Å². The Balaban J connectivity index is 0.975. The number of amides is 2. The van der Waals surface area contributed by atoms with Crippen molar-refractivity contribution in [3.05, 3.63) is 147 Å². The zero-order valence-corrected chi connectivity index (χ0v) is 30.5. The van der Waals surface area contributed by atoms with E-state index in [9.17, 15) is 14.4 Å². The van der Waals surface area contributed by atoms with Crippen LogP contribution in [-0.2, 0) is 45.1 Å². The number of ether oxygens (including phenoxy) is 3. The monoisotopic (exact) mass is 760 g/mol. The molecule has 2 unspecified atom stereocenters. The lowest BCUT2D eigenvalue weighted by molar-refractivity contribution is -0.145. The number of halogens is 2. The van der Waals surface area contributed by atoms with Crippen LogP contribution in [0.25, 0.3) is 11.1 Å². The summed E-state index contributed by atoms with van der Waals surface area (Å²) in [7, 11) is 1.29. The molecule has 0 fully saturated rings. The van der Waals surface area contributed by atoms with Gasteiger partial charge in [0.15, 0.2) is 0 Å². The van der Waals surface area contributed by atoms with Crippen LogP contribution in [0.5, 0.6) is 11.5 Å². The number of hydrogen-bond donors (Lipinski definition) is 3. The van der Waals surface area contributed by atoms with Gasteiger partial charge in [-0.05, 0) is 82.8 Å². The molecule has 0 aromatic heterocycles. The second kappa shape index (κ2) is 16.0. The number of esters is 1. The Bertz CT molecular complexity index is 2240. The van der Waals surface area contributed by atoms with E-state index in [0.717, 1.165) is 27.8 Å². The summed E-state index contributed by atoms with van der Waals surface area (Å²) in [5.74, 6) is -0.118. The quantitative estimate of drug-likeness (QED) is 0.128. The predicted molar refractivity (Wildman–Crippen MR) is 204 cm³/mol. The maximum Gasteiger partial charge on any atom is 0.328 e. The molecule has 0 saturated heterocycles. The number of benzene rings is 5. The number of carbonyl (C=O) groups is 3. The standard InChI is InChI=1S/C42H34Cl2N4O6/c1-52-42(51)37(17-24-5-9-26(10-6-24)27-11-7-25(21-45)8-12-27)48-40(49)36-19-29-18-35-38(20-30(29)22-46-36)54-39(41(50)47-35)28-13-15-31(16-14-28)53-23-32-33(43)3-2-4-34(32)44/h2-16,18,20,36-37,39,46H,17,19,22-23H2,1H3,(H,47,50)(H,48,49)/t36?,37-,39?/m0/s1. The Kier molecular flexibility index (Phi) is 10.8. The first-order valence-electron chi connectivity index (χ1n) is 17.2. The van der Waals surface area contributed by atoms with Crippen molar-refractivity contribution in [1.82, 2.24) is 10.6 Å². The van der Waals surface area contributed by atoms with Gasteiger partial charge in [-0.25, -0.2) is 4.79 Å². The molecule has 3 atom stereocenters. The summed E-state index contributed by atoms with van der Waals surface area (Å²) in [5, 5.41) is 19.2. The highest BCUT2D eigenvalue weighted by Gasteiger charge is 2.33. The SMILES string of the molecule is COC(=O)[C@H](Cc1ccc(-c2ccc(C#N)cc2)cc1)NC(=O)C1Cc2cc3c(cc2CN1)OC(c1ccc(OCc2c(Cl)cccc2Cl)cc1)C(=O)N3. The van der Waals surface area contributed by atoms with Crippen molar-refractivity contribution >= 4 is 46.7 Å². The summed E-state index contributed by atoms with van der Waals surface area (Å²) < 4.78 is 17.1. The van der Waals surface area contributed by atoms with Gasteiger partial charge in [-0.1, -0.05) is 77.8 Å². The smallest absolute Gasteiger partial charge is 0.328 e. The van der Waals surface area contributed by atoms with Gasteiger partial charge >= 0.3 is 5.97 Å². The maximum atomic E-state index is 13.5. The van der Waals surface area contributed by atoms with E-state index >= 15 is 0 Å². The molecule has 0 bridgehead atoms. The van der Waals surface area contributed by atoms with Crippen LogP contribution in [0.15, 0.2) is 103 Å². The molecule has 2 amide bonds. The fourth-order valence-electron chi connectivity index (χ4n) is 6.50. The van der Waals surface area contributed by atoms with Crippen LogP contribution in [0.3, 0.4) is 0 Å². The van der Waals surface area contributed by atoms with Crippen molar-refractivity contribution in [1.29, 1.82) is 5.26 Å². The van der Waals surface area contributed by atoms with Crippen molar-refractivity contribution in [3.8, 4) is 28.7 Å². The lowest BCUT2D eigenvalue weighted by Gasteiger charge is -2.31. The van der Waals surface area contributed by atoms with Gasteiger partial charge in [-0.15, -0.1) is 0 Å². The molecule has 2 heterocycles. The molecule has 7 rings (SSSR count). The Morgan fingerprint density at radius 1 is 0.944 bits per heavy atom. The first-order chi connectivity index (χ1) is 26.2. The third-order valence-corrected chi connectivity index (χ3v) is 10.2. The van der Waals surface area contributed by atoms with Crippen LogP contribution in [-0.4, -0.2) is 37.0 Å². The van der Waals surface area contributed by atoms with Gasteiger partial charge in [0.25, 0.3) is 5.91 Å². The number of fused-ring (bicyclic) bond motifs is 2. The third kappa shape index (κ3) is 8.04. The van der Waals surface area contributed by atoms with Crippen LogP contribution in [0, 0.1) is 11.3 Å². The van der Waals surface area contributed by atoms with Crippen LogP contribution in [0.1, 0.15) is 39.5 Å². The Morgan fingerprint density at radius 3 is 2.30 bits per heavy atom. The number of rotatable bonds is 10. The van der Waals surface area contributed by atoms with Gasteiger partial charge in [-0.3, -0.25) is 9.59 Å². The fourth-order valence-corrected chi connectivity index (χ4v) is 7.01. The van der Waals surface area contributed by atoms with Gasteiger partial charge in [0, 0.05) is 34.1 Å². The summed E-state index contributed by atoms with van der Waals surface area (Å²) in [6.45, 7) is 0.570. The number of nitrogens with one attached hydrogen (secondary N) is 3. The van der Waals surface area contributed by atoms with Gasteiger partial charge in [0.05, 0.1) is 30.5 Å². The Labute approximate surface area is 322 Å². The summed E-state index contributed by atoms with van der Waals surface area (Å²) in [6.07, 6.45) is -0.303. The Hall–Kier alpha value is -5.86. The summed E-state index contributed by atoms with van der Waals surface area (Å²) in [4.78, 5) is 39.5. The van der Waals surface area contributed by atoms with E-state index in [0.29, 0.717) is 56.9 Å². The molecule has 0 radical (unpaired) electrons. The van der Waals surface area contributed by atoms with Crippen LogP contribution < -0.4 is 25.4 Å². The number of nitrogens with zero attached hydrogens (tertiary/aromatic N) is 1. The topological polar surface area (TPSA) is 139 Å². The van der Waals surface area contributed by atoms with Crippen molar-refractivity contribution in [2.45, 2.75) is 44.2 Å². The second-order valence-electron chi connectivity index (χ2n) is 13.0. The first-order valence-corrected chi connectivity index (χ1v) is 17.9. The largest absolute Gasteiger partial charge is 0.489 e. The lowest BCUT2D eigenvalue weighted by Crippen LogP contribution is -2.53. The second-order valence-corrected chi connectivity index (χ2v) is 13.8. The van der Waals surface area contributed by atoms with E-state index in [-0.39, 0.29) is 24.8 Å². The highest BCUT2D eigenvalue weighted by molar-refractivity contribution is 6.35. The Morgan fingerprint density at radius 2 is 1.63 bits per heavy atom. The lowest BCUT2D eigenvalue weighted by atomic mass is 9.93. The van der Waals surface area contributed by atoms with Crippen LogP contribution >= 0.6 is 23.2 Å². The van der Waals surface area contributed by atoms with Crippen molar-refractivity contribution < 1.29 is 28.6 Å². The van der Waals surface area contributed by atoms with Crippen LogP contribution in [0.4, 0.5) is 5.69 Å². The molecule has 5 aromatic rings. The molecule has 0 aliphatic carbocycles. The molecule has 5 aromatic carbocycles. The van der Waals surface area contributed by atoms with Gasteiger partial charge in [0.2, 0.25) is 12.0 Å². The molecule has 0 saturated carbocycles. The highest BCUT2D eigenvalue weighted by Crippen LogP contribution is 2.39. The summed E-state index contributed by atoms with van der Waals surface area (Å²) in [5.41, 5.74) is 7.01. The summed E-state index contributed by atoms with van der Waals surface area (Å²) in [6, 6.07) is 31.6. The molecule has 12 heteroatoms. The van der Waals surface area contributed by atoms with E-state index in [1.165, 1.54) is 7.11 Å². The predicted octanol–water partition coefficient (Wildman–Crippen LogP) is 7.10. The van der Waals surface area contributed by atoms with Crippen molar-refractivity contribution in [3.63, 3.8) is 0 Å². The molecule has 272 valence electrons. The number of nitriles is 1.